The molecule has 0 aromatic heterocycles. The summed E-state index contributed by atoms with van der Waals surface area (Å²) in [6.07, 6.45) is 11.2. The number of carbonyl (C=O) groups excluding carboxylic acids is 1. The number of unbranched alkanes of at least 4 members (excludes halogenated alkanes) is 2. The molecule has 1 amide bonds. The highest BCUT2D eigenvalue weighted by Gasteiger charge is 2.53. The minimum Gasteiger partial charge on any atom is -0.386 e. The zero-order chi connectivity index (χ0) is 21.3. The van der Waals surface area contributed by atoms with Crippen LogP contribution in [0, 0.1) is 10.8 Å². The van der Waals surface area contributed by atoms with E-state index >= 15 is 0 Å². The van der Waals surface area contributed by atoms with E-state index in [9.17, 15) is 4.79 Å². The summed E-state index contributed by atoms with van der Waals surface area (Å²) in [4.78, 5) is 12.4. The molecule has 0 aromatic carbocycles. The lowest BCUT2D eigenvalue weighted by atomic mass is 9.52. The van der Waals surface area contributed by atoms with E-state index in [2.05, 4.69) is 43.3 Å². The van der Waals surface area contributed by atoms with Gasteiger partial charge in [-0.2, -0.15) is 0 Å². The highest BCUT2D eigenvalue weighted by molar-refractivity contribution is 5.82. The summed E-state index contributed by atoms with van der Waals surface area (Å²) in [6, 6.07) is 0.932. The summed E-state index contributed by atoms with van der Waals surface area (Å²) in [5.41, 5.74) is 1.33. The van der Waals surface area contributed by atoms with Crippen LogP contribution in [0.4, 0.5) is 0 Å². The van der Waals surface area contributed by atoms with E-state index in [1.807, 2.05) is 7.05 Å². The Bertz CT molecular complexity index is 518. The second-order valence-corrected chi connectivity index (χ2v) is 10.1. The molecule has 0 unspecified atom stereocenters. The van der Waals surface area contributed by atoms with Crippen molar-refractivity contribution in [3.63, 3.8) is 0 Å². The molecule has 0 aliphatic heterocycles. The van der Waals surface area contributed by atoms with E-state index < -0.39 is 0 Å². The van der Waals surface area contributed by atoms with Crippen molar-refractivity contribution in [1.29, 1.82) is 0 Å². The lowest BCUT2D eigenvalue weighted by Crippen LogP contribution is -2.61. The van der Waals surface area contributed by atoms with Gasteiger partial charge in [-0.3, -0.25) is 4.79 Å². The Labute approximate surface area is 178 Å². The predicted octanol–water partition coefficient (Wildman–Crippen LogP) is 4.14. The van der Waals surface area contributed by atoms with Crippen LogP contribution in [0.3, 0.4) is 0 Å². The fourth-order valence-electron chi connectivity index (χ4n) is 4.97. The third-order valence-corrected chi connectivity index (χ3v) is 6.71. The number of hydrogen-bond acceptors (Lipinski definition) is 4. The molecule has 2 aliphatic rings. The Balaban J connectivity index is 1.49. The van der Waals surface area contributed by atoms with Crippen LogP contribution in [0.25, 0.3) is 0 Å². The first-order valence-electron chi connectivity index (χ1n) is 11.8. The van der Waals surface area contributed by atoms with Crippen molar-refractivity contribution in [2.45, 2.75) is 97.1 Å². The van der Waals surface area contributed by atoms with E-state index in [1.54, 1.807) is 0 Å². The lowest BCUT2D eigenvalue weighted by molar-refractivity contribution is -0.133. The number of rotatable bonds is 15. The van der Waals surface area contributed by atoms with Crippen LogP contribution in [0.15, 0.2) is 12.3 Å². The Hall–Kier alpha value is -1.07. The molecule has 5 nitrogen and oxygen atoms in total. The van der Waals surface area contributed by atoms with Crippen molar-refractivity contribution < 1.29 is 9.53 Å². The van der Waals surface area contributed by atoms with Crippen LogP contribution in [-0.2, 0) is 9.53 Å². The maximum atomic E-state index is 12.4. The van der Waals surface area contributed by atoms with Gasteiger partial charge >= 0.3 is 0 Å². The van der Waals surface area contributed by atoms with Crippen LogP contribution in [0.1, 0.15) is 85.0 Å². The summed E-state index contributed by atoms with van der Waals surface area (Å²) in [7, 11) is 2.00. The van der Waals surface area contributed by atoms with Gasteiger partial charge in [0.1, 0.15) is 0 Å². The van der Waals surface area contributed by atoms with Crippen LogP contribution >= 0.6 is 0 Å². The predicted molar refractivity (Wildman–Crippen MR) is 121 cm³/mol. The molecule has 2 fully saturated rings. The van der Waals surface area contributed by atoms with Crippen LogP contribution in [0.2, 0.25) is 0 Å². The molecule has 168 valence electrons. The van der Waals surface area contributed by atoms with Crippen molar-refractivity contribution in [3.05, 3.63) is 12.3 Å². The van der Waals surface area contributed by atoms with E-state index in [4.69, 9.17) is 4.74 Å². The topological polar surface area (TPSA) is 62.4 Å². The number of ether oxygens (including phenoxy) is 1. The number of amides is 1. The van der Waals surface area contributed by atoms with Gasteiger partial charge in [-0.25, -0.2) is 0 Å². The van der Waals surface area contributed by atoms with Gasteiger partial charge < -0.3 is 20.7 Å². The van der Waals surface area contributed by atoms with E-state index in [0.29, 0.717) is 17.5 Å². The molecule has 2 rings (SSSR count). The molecule has 5 heteroatoms. The second kappa shape index (κ2) is 11.4. The molecule has 3 N–H and O–H groups in total. The molecule has 1 spiro atoms. The van der Waals surface area contributed by atoms with E-state index in [0.717, 1.165) is 64.0 Å². The van der Waals surface area contributed by atoms with Gasteiger partial charge in [0.2, 0.25) is 5.91 Å². The van der Waals surface area contributed by atoms with Crippen LogP contribution in [0.5, 0.6) is 0 Å². The second-order valence-electron chi connectivity index (χ2n) is 10.1. The molecule has 0 atom stereocenters. The number of hydrogen-bond donors (Lipinski definition) is 3. The number of nitrogens with one attached hydrogen (secondary N) is 3. The molecule has 2 aliphatic carbocycles. The summed E-state index contributed by atoms with van der Waals surface area (Å²) >= 11 is 0. The zero-order valence-corrected chi connectivity index (χ0v) is 19.4. The van der Waals surface area contributed by atoms with E-state index in [1.165, 1.54) is 25.7 Å². The van der Waals surface area contributed by atoms with Crippen LogP contribution in [-0.4, -0.2) is 44.8 Å². The molecule has 0 saturated heterocycles. The summed E-state index contributed by atoms with van der Waals surface area (Å²) in [5, 5.41) is 10.0. The highest BCUT2D eigenvalue weighted by Crippen LogP contribution is 2.56. The first-order chi connectivity index (χ1) is 13.8. The van der Waals surface area contributed by atoms with Crippen molar-refractivity contribution in [1.82, 2.24) is 16.0 Å². The minimum absolute atomic E-state index is 0.226. The smallest absolute Gasteiger partial charge is 0.225 e. The lowest BCUT2D eigenvalue weighted by Gasteiger charge is -2.58. The Morgan fingerprint density at radius 1 is 1.07 bits per heavy atom. The molecule has 0 bridgehead atoms. The average Bonchev–Trinajstić information content (AvgIpc) is 2.60. The van der Waals surface area contributed by atoms with Gasteiger partial charge in [0.15, 0.2) is 0 Å². The van der Waals surface area contributed by atoms with Gasteiger partial charge in [0, 0.05) is 36.2 Å². The Kier molecular flexibility index (Phi) is 9.48. The fourth-order valence-corrected chi connectivity index (χ4v) is 4.97. The maximum absolute atomic E-state index is 12.4. The molecule has 2 saturated carbocycles. The van der Waals surface area contributed by atoms with Gasteiger partial charge in [-0.1, -0.05) is 33.8 Å². The number of carbonyl (C=O) groups is 1. The SMILES string of the molecule is C=C(CCOCCCCCNC)NC1CC2(C1)CC(NC(=O)C(C)(C)CCC)C2. The first-order valence-corrected chi connectivity index (χ1v) is 11.8. The minimum atomic E-state index is -0.242. The van der Waals surface area contributed by atoms with Crippen molar-refractivity contribution in [2.24, 2.45) is 10.8 Å². The van der Waals surface area contributed by atoms with Gasteiger partial charge in [-0.15, -0.1) is 0 Å². The summed E-state index contributed by atoms with van der Waals surface area (Å²) in [5.74, 6) is 0.226. The quantitative estimate of drug-likeness (QED) is 0.357. The first kappa shape index (κ1) is 24.2. The van der Waals surface area contributed by atoms with Gasteiger partial charge in [0.25, 0.3) is 0 Å². The molecule has 0 radical (unpaired) electrons. The maximum Gasteiger partial charge on any atom is 0.225 e. The average molecular weight is 408 g/mol. The monoisotopic (exact) mass is 407 g/mol. The van der Waals surface area contributed by atoms with Crippen molar-refractivity contribution in [2.75, 3.05) is 26.8 Å². The van der Waals surface area contributed by atoms with E-state index in [-0.39, 0.29) is 11.3 Å². The molecule has 0 heterocycles. The molecular formula is C24H45N3O2. The Morgan fingerprint density at radius 3 is 2.34 bits per heavy atom. The molecule has 0 aromatic rings. The molecule has 29 heavy (non-hydrogen) atoms. The van der Waals surface area contributed by atoms with Gasteiger partial charge in [0.05, 0.1) is 6.61 Å². The van der Waals surface area contributed by atoms with Gasteiger partial charge in [-0.05, 0) is 70.4 Å². The standard InChI is InChI=1S/C24H45N3O2/c1-6-11-23(3,4)22(28)27-21-17-24(18-21)15-20(16-24)26-19(2)10-14-29-13-9-7-8-12-25-5/h20-21,25-26H,2,6-18H2,1,3-5H3,(H,27,28). The third-order valence-electron chi connectivity index (χ3n) is 6.71. The summed E-state index contributed by atoms with van der Waals surface area (Å²) in [6.45, 7) is 13.1. The zero-order valence-electron chi connectivity index (χ0n) is 19.4. The Morgan fingerprint density at radius 2 is 1.72 bits per heavy atom. The van der Waals surface area contributed by atoms with Crippen molar-refractivity contribution in [3.8, 4) is 0 Å². The molecular weight excluding hydrogens is 362 g/mol. The van der Waals surface area contributed by atoms with Crippen molar-refractivity contribution >= 4 is 5.91 Å². The van der Waals surface area contributed by atoms with Crippen LogP contribution < -0.4 is 16.0 Å². The largest absolute Gasteiger partial charge is 0.386 e. The fraction of sp³-hybridized carbons (Fsp3) is 0.875. The summed E-state index contributed by atoms with van der Waals surface area (Å²) < 4.78 is 5.73. The highest BCUT2D eigenvalue weighted by atomic mass is 16.5. The normalized spacial score (nSPS) is 25.9. The third kappa shape index (κ3) is 7.60.